The average molecular weight is 311 g/mol. The Kier molecular flexibility index (Phi) is 4.28. The van der Waals surface area contributed by atoms with Gasteiger partial charge >= 0.3 is 5.97 Å². The minimum absolute atomic E-state index is 0.335. The third kappa shape index (κ3) is 3.18. The molecule has 0 bridgehead atoms. The first-order chi connectivity index (χ1) is 11.2. The molecule has 1 aliphatic heterocycles. The standard InChI is InChI=1S/C18H17NO4/c1-21-15-9-8-12(11-16(15)22-2)10-14-18(20)23-17(19-14)13-6-4-3-5-7-13/h3-9,11,14H,10H2,1-2H3. The van der Waals surface area contributed by atoms with E-state index in [1.54, 1.807) is 14.2 Å². The van der Waals surface area contributed by atoms with Gasteiger partial charge in [0.05, 0.1) is 14.2 Å². The van der Waals surface area contributed by atoms with Crippen LogP contribution in [0.2, 0.25) is 0 Å². The number of carbonyl (C=O) groups is 1. The highest BCUT2D eigenvalue weighted by atomic mass is 16.6. The Bertz CT molecular complexity index is 740. The molecule has 3 rings (SSSR count). The van der Waals surface area contributed by atoms with Crippen LogP contribution in [-0.2, 0) is 16.0 Å². The summed E-state index contributed by atoms with van der Waals surface area (Å²) in [6.07, 6.45) is 0.454. The molecule has 5 nitrogen and oxygen atoms in total. The molecule has 0 fully saturated rings. The molecule has 0 saturated heterocycles. The first-order valence-corrected chi connectivity index (χ1v) is 7.27. The summed E-state index contributed by atoms with van der Waals surface area (Å²) in [5.41, 5.74) is 1.73. The number of ether oxygens (including phenoxy) is 3. The van der Waals surface area contributed by atoms with Crippen molar-refractivity contribution in [2.75, 3.05) is 14.2 Å². The highest BCUT2D eigenvalue weighted by Gasteiger charge is 2.30. The van der Waals surface area contributed by atoms with E-state index in [0.29, 0.717) is 23.8 Å². The number of hydrogen-bond acceptors (Lipinski definition) is 5. The van der Waals surface area contributed by atoms with Gasteiger partial charge in [0, 0.05) is 12.0 Å². The lowest BCUT2D eigenvalue weighted by Crippen LogP contribution is -2.17. The predicted molar refractivity (Wildman–Crippen MR) is 86.1 cm³/mol. The summed E-state index contributed by atoms with van der Waals surface area (Å²) in [4.78, 5) is 16.5. The zero-order chi connectivity index (χ0) is 16.2. The van der Waals surface area contributed by atoms with Crippen LogP contribution >= 0.6 is 0 Å². The number of rotatable bonds is 5. The maximum Gasteiger partial charge on any atom is 0.338 e. The molecule has 118 valence electrons. The summed E-state index contributed by atoms with van der Waals surface area (Å²) in [5.74, 6) is 1.32. The zero-order valence-corrected chi connectivity index (χ0v) is 13.0. The van der Waals surface area contributed by atoms with Gasteiger partial charge in [-0.05, 0) is 29.8 Å². The quantitative estimate of drug-likeness (QED) is 0.797. The van der Waals surface area contributed by atoms with Crippen LogP contribution in [0.5, 0.6) is 11.5 Å². The van der Waals surface area contributed by atoms with E-state index in [4.69, 9.17) is 14.2 Å². The first-order valence-electron chi connectivity index (χ1n) is 7.27. The van der Waals surface area contributed by atoms with Gasteiger partial charge in [0.25, 0.3) is 0 Å². The molecule has 0 spiro atoms. The van der Waals surface area contributed by atoms with Crippen LogP contribution in [0.3, 0.4) is 0 Å². The van der Waals surface area contributed by atoms with Gasteiger partial charge in [-0.2, -0.15) is 0 Å². The molecule has 0 aromatic heterocycles. The van der Waals surface area contributed by atoms with Gasteiger partial charge < -0.3 is 14.2 Å². The van der Waals surface area contributed by atoms with Crippen molar-refractivity contribution in [3.05, 3.63) is 59.7 Å². The van der Waals surface area contributed by atoms with Crippen molar-refractivity contribution in [3.63, 3.8) is 0 Å². The van der Waals surface area contributed by atoms with Gasteiger partial charge in [0.1, 0.15) is 0 Å². The number of benzene rings is 2. The SMILES string of the molecule is COc1ccc(CC2N=C(c3ccccc3)OC2=O)cc1OC. The molecule has 1 unspecified atom stereocenters. The van der Waals surface area contributed by atoms with Crippen LogP contribution in [0.4, 0.5) is 0 Å². The third-order valence-electron chi connectivity index (χ3n) is 3.64. The molecule has 0 amide bonds. The molecule has 0 N–H and O–H groups in total. The number of aliphatic imine (C=N–C) groups is 1. The second-order valence-electron chi connectivity index (χ2n) is 5.13. The maximum absolute atomic E-state index is 12.0. The average Bonchev–Trinajstić information content (AvgIpc) is 2.96. The summed E-state index contributed by atoms with van der Waals surface area (Å²) in [7, 11) is 3.17. The Morgan fingerprint density at radius 1 is 1.04 bits per heavy atom. The molecule has 1 aliphatic rings. The molecule has 2 aromatic rings. The molecule has 1 heterocycles. The lowest BCUT2D eigenvalue weighted by molar-refractivity contribution is -0.134. The van der Waals surface area contributed by atoms with Crippen molar-refractivity contribution in [1.29, 1.82) is 0 Å². The molecular formula is C18H17NO4. The van der Waals surface area contributed by atoms with Crippen molar-refractivity contribution in [3.8, 4) is 11.5 Å². The summed E-state index contributed by atoms with van der Waals surface area (Å²) < 4.78 is 15.8. The van der Waals surface area contributed by atoms with Gasteiger partial charge in [-0.25, -0.2) is 9.79 Å². The minimum Gasteiger partial charge on any atom is -0.493 e. The van der Waals surface area contributed by atoms with E-state index < -0.39 is 6.04 Å². The third-order valence-corrected chi connectivity index (χ3v) is 3.64. The van der Waals surface area contributed by atoms with Crippen molar-refractivity contribution < 1.29 is 19.0 Å². The summed E-state index contributed by atoms with van der Waals surface area (Å²) in [5, 5.41) is 0. The fourth-order valence-electron chi connectivity index (χ4n) is 2.46. The number of hydrogen-bond donors (Lipinski definition) is 0. The van der Waals surface area contributed by atoms with Crippen LogP contribution < -0.4 is 9.47 Å². The van der Waals surface area contributed by atoms with Gasteiger partial charge in [-0.1, -0.05) is 24.3 Å². The smallest absolute Gasteiger partial charge is 0.338 e. The van der Waals surface area contributed by atoms with E-state index in [0.717, 1.165) is 11.1 Å². The maximum atomic E-state index is 12.0. The first kappa shape index (κ1) is 15.1. The highest BCUT2D eigenvalue weighted by molar-refractivity contribution is 6.06. The summed E-state index contributed by atoms with van der Waals surface area (Å²) >= 11 is 0. The second-order valence-corrected chi connectivity index (χ2v) is 5.13. The summed E-state index contributed by atoms with van der Waals surface area (Å²) in [6, 6.07) is 14.4. The fourth-order valence-corrected chi connectivity index (χ4v) is 2.46. The van der Waals surface area contributed by atoms with Crippen LogP contribution in [0.1, 0.15) is 11.1 Å². The Balaban J connectivity index is 1.80. The summed E-state index contributed by atoms with van der Waals surface area (Å²) in [6.45, 7) is 0. The van der Waals surface area contributed by atoms with Crippen molar-refractivity contribution in [2.45, 2.75) is 12.5 Å². The Morgan fingerprint density at radius 3 is 2.48 bits per heavy atom. The zero-order valence-electron chi connectivity index (χ0n) is 13.0. The molecule has 0 radical (unpaired) electrons. The van der Waals surface area contributed by atoms with Crippen LogP contribution in [0, 0.1) is 0 Å². The fraction of sp³-hybridized carbons (Fsp3) is 0.222. The van der Waals surface area contributed by atoms with E-state index in [-0.39, 0.29) is 5.97 Å². The monoisotopic (exact) mass is 311 g/mol. The minimum atomic E-state index is -0.539. The highest BCUT2D eigenvalue weighted by Crippen LogP contribution is 2.28. The van der Waals surface area contributed by atoms with Crippen molar-refractivity contribution in [2.24, 2.45) is 4.99 Å². The largest absolute Gasteiger partial charge is 0.493 e. The topological polar surface area (TPSA) is 57.1 Å². The van der Waals surface area contributed by atoms with Crippen molar-refractivity contribution >= 4 is 11.9 Å². The van der Waals surface area contributed by atoms with E-state index in [1.807, 2.05) is 48.5 Å². The number of nitrogens with zero attached hydrogens (tertiary/aromatic N) is 1. The number of carbonyl (C=O) groups excluding carboxylic acids is 1. The van der Waals surface area contributed by atoms with Gasteiger partial charge in [0.15, 0.2) is 17.5 Å². The van der Waals surface area contributed by atoms with E-state index >= 15 is 0 Å². The predicted octanol–water partition coefficient (Wildman–Crippen LogP) is 2.62. The molecule has 23 heavy (non-hydrogen) atoms. The molecule has 0 aliphatic carbocycles. The number of methoxy groups -OCH3 is 2. The van der Waals surface area contributed by atoms with E-state index in [9.17, 15) is 4.79 Å². The lowest BCUT2D eigenvalue weighted by atomic mass is 10.1. The van der Waals surface area contributed by atoms with Crippen LogP contribution in [0.25, 0.3) is 0 Å². The normalized spacial score (nSPS) is 16.7. The molecule has 5 heteroatoms. The van der Waals surface area contributed by atoms with Gasteiger partial charge in [-0.3, -0.25) is 0 Å². The second kappa shape index (κ2) is 6.52. The van der Waals surface area contributed by atoms with Crippen LogP contribution in [0.15, 0.2) is 53.5 Å². The lowest BCUT2D eigenvalue weighted by Gasteiger charge is -2.10. The van der Waals surface area contributed by atoms with Crippen molar-refractivity contribution in [1.82, 2.24) is 0 Å². The molecule has 2 aromatic carbocycles. The van der Waals surface area contributed by atoms with Gasteiger partial charge in [-0.15, -0.1) is 0 Å². The Labute approximate surface area is 134 Å². The molecular weight excluding hydrogens is 294 g/mol. The number of esters is 1. The number of cyclic esters (lactones) is 1. The van der Waals surface area contributed by atoms with E-state index in [2.05, 4.69) is 4.99 Å². The van der Waals surface area contributed by atoms with Crippen LogP contribution in [-0.4, -0.2) is 32.1 Å². The molecule has 0 saturated carbocycles. The Hall–Kier alpha value is -2.82. The Morgan fingerprint density at radius 2 is 1.78 bits per heavy atom. The van der Waals surface area contributed by atoms with Gasteiger partial charge in [0.2, 0.25) is 5.90 Å². The van der Waals surface area contributed by atoms with E-state index in [1.165, 1.54) is 0 Å². The molecule has 1 atom stereocenters.